The van der Waals surface area contributed by atoms with E-state index in [1.54, 1.807) is 0 Å². The Hall–Kier alpha value is -1.63. The van der Waals surface area contributed by atoms with Gasteiger partial charge in [0.1, 0.15) is 16.6 Å². The predicted molar refractivity (Wildman–Crippen MR) is 66.3 cm³/mol. The Kier molecular flexibility index (Phi) is 3.81. The lowest BCUT2D eigenvalue weighted by Crippen LogP contribution is -2.10. The minimum Gasteiger partial charge on any atom is -0.437 e. The van der Waals surface area contributed by atoms with E-state index in [1.807, 2.05) is 0 Å². The van der Waals surface area contributed by atoms with E-state index in [1.165, 1.54) is 24.4 Å². The van der Waals surface area contributed by atoms with Crippen LogP contribution in [0.25, 0.3) is 0 Å². The number of nitrogens with two attached hydrogens (primary N) is 1. The second-order valence-electron chi connectivity index (χ2n) is 3.17. The van der Waals surface area contributed by atoms with Crippen LogP contribution in [0.3, 0.4) is 0 Å². The fourth-order valence-corrected chi connectivity index (χ4v) is 1.44. The van der Waals surface area contributed by atoms with E-state index >= 15 is 0 Å². The molecule has 0 saturated carbocycles. The average Bonchev–Trinajstić information content (AvgIpc) is 2.36. The van der Waals surface area contributed by atoms with Crippen LogP contribution in [0.1, 0.15) is 0 Å². The van der Waals surface area contributed by atoms with Crippen LogP contribution in [0, 0.1) is 5.82 Å². The van der Waals surface area contributed by atoms with Gasteiger partial charge in [0.25, 0.3) is 0 Å². The highest BCUT2D eigenvalue weighted by molar-refractivity contribution is 6.31. The van der Waals surface area contributed by atoms with Gasteiger partial charge in [0, 0.05) is 6.07 Å². The molecule has 3 N–H and O–H groups in total. The lowest BCUT2D eigenvalue weighted by molar-refractivity contribution is 0.461. The zero-order valence-electron chi connectivity index (χ0n) is 8.82. The molecule has 1 aromatic carbocycles. The van der Waals surface area contributed by atoms with Gasteiger partial charge in [-0.05, 0) is 12.1 Å². The summed E-state index contributed by atoms with van der Waals surface area (Å²) in [6.45, 7) is 0. The summed E-state index contributed by atoms with van der Waals surface area (Å²) in [5.74, 6) is 5.15. The molecule has 0 aliphatic heterocycles. The van der Waals surface area contributed by atoms with Gasteiger partial charge in [-0.15, -0.1) is 0 Å². The molecule has 2 rings (SSSR count). The molecule has 18 heavy (non-hydrogen) atoms. The summed E-state index contributed by atoms with van der Waals surface area (Å²) in [7, 11) is 0. The Morgan fingerprint density at radius 2 is 2.06 bits per heavy atom. The fraction of sp³-hybridized carbons (Fsp3) is 0. The van der Waals surface area contributed by atoms with Gasteiger partial charge in [0.05, 0.1) is 11.2 Å². The highest BCUT2D eigenvalue weighted by atomic mass is 35.5. The maximum absolute atomic E-state index is 13.0. The zero-order valence-corrected chi connectivity index (χ0v) is 10.3. The summed E-state index contributed by atoms with van der Waals surface area (Å²) in [5, 5.41) is 0.129. The molecular weight excluding hydrogens is 282 g/mol. The van der Waals surface area contributed by atoms with Crippen LogP contribution in [0.2, 0.25) is 10.0 Å². The van der Waals surface area contributed by atoms with Gasteiger partial charge in [-0.1, -0.05) is 23.2 Å². The summed E-state index contributed by atoms with van der Waals surface area (Å²) in [5.41, 5.74) is 2.25. The number of hydrogen-bond donors (Lipinski definition) is 2. The molecule has 5 nitrogen and oxygen atoms in total. The molecule has 0 aliphatic rings. The van der Waals surface area contributed by atoms with Gasteiger partial charge in [0.15, 0.2) is 0 Å². The van der Waals surface area contributed by atoms with E-state index in [-0.39, 0.29) is 21.9 Å². The summed E-state index contributed by atoms with van der Waals surface area (Å²) < 4.78 is 18.3. The summed E-state index contributed by atoms with van der Waals surface area (Å²) >= 11 is 11.5. The van der Waals surface area contributed by atoms with E-state index in [4.69, 9.17) is 33.8 Å². The molecule has 8 heteroatoms. The Morgan fingerprint density at radius 3 is 2.72 bits per heavy atom. The number of hydrazine groups is 1. The summed E-state index contributed by atoms with van der Waals surface area (Å²) in [6, 6.07) is 3.88. The van der Waals surface area contributed by atoms with Crippen LogP contribution >= 0.6 is 23.2 Å². The molecule has 0 bridgehead atoms. The van der Waals surface area contributed by atoms with Crippen molar-refractivity contribution in [2.24, 2.45) is 5.84 Å². The third-order valence-corrected chi connectivity index (χ3v) is 2.50. The highest BCUT2D eigenvalue weighted by Crippen LogP contribution is 2.29. The van der Waals surface area contributed by atoms with Crippen molar-refractivity contribution in [3.63, 3.8) is 0 Å². The first-order valence-corrected chi connectivity index (χ1v) is 5.48. The number of ether oxygens (including phenoxy) is 1. The Morgan fingerprint density at radius 1 is 1.28 bits per heavy atom. The average molecular weight is 289 g/mol. The van der Waals surface area contributed by atoms with Crippen LogP contribution in [-0.4, -0.2) is 9.97 Å². The molecule has 0 spiro atoms. The van der Waals surface area contributed by atoms with Crippen molar-refractivity contribution in [2.75, 3.05) is 5.43 Å². The van der Waals surface area contributed by atoms with Crippen molar-refractivity contribution >= 4 is 29.2 Å². The van der Waals surface area contributed by atoms with Crippen molar-refractivity contribution in [2.45, 2.75) is 0 Å². The molecular formula is C10H7Cl2FN4O. The number of hydrogen-bond acceptors (Lipinski definition) is 5. The number of rotatable bonds is 3. The second-order valence-corrected chi connectivity index (χ2v) is 3.98. The molecule has 1 heterocycles. The van der Waals surface area contributed by atoms with Crippen molar-refractivity contribution in [1.82, 2.24) is 9.97 Å². The van der Waals surface area contributed by atoms with Crippen LogP contribution in [0.15, 0.2) is 24.4 Å². The summed E-state index contributed by atoms with van der Waals surface area (Å²) in [6.07, 6.45) is 1.32. The van der Waals surface area contributed by atoms with Gasteiger partial charge in [-0.25, -0.2) is 15.2 Å². The van der Waals surface area contributed by atoms with E-state index in [0.29, 0.717) is 5.75 Å². The van der Waals surface area contributed by atoms with Gasteiger partial charge in [-0.2, -0.15) is 4.98 Å². The standard InChI is InChI=1S/C10H7Cl2FN4O/c11-6-3-5(1-2-8(6)13)18-9-7(12)4-15-10(16-9)17-14/h1-4H,14H2,(H,15,16,17). The SMILES string of the molecule is NNc1ncc(Cl)c(Oc2ccc(F)c(Cl)c2)n1. The molecule has 0 amide bonds. The first-order valence-electron chi connectivity index (χ1n) is 4.72. The fourth-order valence-electron chi connectivity index (χ4n) is 1.14. The predicted octanol–water partition coefficient (Wildman–Crippen LogP) is 3.00. The van der Waals surface area contributed by atoms with Gasteiger partial charge in [0.2, 0.25) is 11.8 Å². The molecule has 0 unspecified atom stereocenters. The molecule has 2 aromatic rings. The van der Waals surface area contributed by atoms with Crippen molar-refractivity contribution in [1.29, 1.82) is 0 Å². The molecule has 0 radical (unpaired) electrons. The first-order chi connectivity index (χ1) is 8.60. The first kappa shape index (κ1) is 12.8. The van der Waals surface area contributed by atoms with Crippen molar-refractivity contribution in [3.8, 4) is 11.6 Å². The lowest BCUT2D eigenvalue weighted by Gasteiger charge is -2.07. The lowest BCUT2D eigenvalue weighted by atomic mass is 10.3. The Labute approximate surface area is 112 Å². The Bertz CT molecular complexity index is 582. The van der Waals surface area contributed by atoms with E-state index in [0.717, 1.165) is 0 Å². The Balaban J connectivity index is 2.30. The third-order valence-electron chi connectivity index (χ3n) is 1.95. The second kappa shape index (κ2) is 5.34. The number of benzene rings is 1. The van der Waals surface area contributed by atoms with Gasteiger partial charge < -0.3 is 4.74 Å². The van der Waals surface area contributed by atoms with E-state index in [2.05, 4.69) is 15.4 Å². The topological polar surface area (TPSA) is 73.1 Å². The number of nitrogen functional groups attached to an aromatic ring is 1. The van der Waals surface area contributed by atoms with Crippen molar-refractivity contribution in [3.05, 3.63) is 40.3 Å². The monoisotopic (exact) mass is 288 g/mol. The minimum atomic E-state index is -0.540. The number of nitrogens with one attached hydrogen (secondary N) is 1. The minimum absolute atomic E-state index is 0.0603. The highest BCUT2D eigenvalue weighted by Gasteiger charge is 2.09. The molecule has 1 aromatic heterocycles. The number of aromatic nitrogens is 2. The number of anilines is 1. The largest absolute Gasteiger partial charge is 0.437 e. The summed E-state index contributed by atoms with van der Waals surface area (Å²) in [4.78, 5) is 7.69. The maximum atomic E-state index is 13.0. The van der Waals surface area contributed by atoms with Gasteiger partial charge in [-0.3, -0.25) is 5.43 Å². The normalized spacial score (nSPS) is 10.2. The van der Waals surface area contributed by atoms with Crippen LogP contribution in [0.5, 0.6) is 11.6 Å². The number of nitrogens with zero attached hydrogens (tertiary/aromatic N) is 2. The molecule has 94 valence electrons. The molecule has 0 saturated heterocycles. The molecule has 0 fully saturated rings. The van der Waals surface area contributed by atoms with Crippen LogP contribution in [0.4, 0.5) is 10.3 Å². The molecule has 0 aliphatic carbocycles. The molecule has 0 atom stereocenters. The van der Waals surface area contributed by atoms with Crippen LogP contribution < -0.4 is 16.0 Å². The van der Waals surface area contributed by atoms with E-state index in [9.17, 15) is 4.39 Å². The van der Waals surface area contributed by atoms with E-state index < -0.39 is 5.82 Å². The van der Waals surface area contributed by atoms with Crippen LogP contribution in [-0.2, 0) is 0 Å². The third kappa shape index (κ3) is 2.79. The van der Waals surface area contributed by atoms with Crippen molar-refractivity contribution < 1.29 is 9.13 Å². The smallest absolute Gasteiger partial charge is 0.243 e. The zero-order chi connectivity index (χ0) is 13.1. The quantitative estimate of drug-likeness (QED) is 0.671. The maximum Gasteiger partial charge on any atom is 0.243 e. The number of halogens is 3. The van der Waals surface area contributed by atoms with Gasteiger partial charge >= 0.3 is 0 Å².